The third kappa shape index (κ3) is 3.86. The Bertz CT molecular complexity index is 397. The minimum atomic E-state index is -1.21. The summed E-state index contributed by atoms with van der Waals surface area (Å²) < 4.78 is 4.55. The number of ether oxygens (including phenoxy) is 1. The average molecular weight is 298 g/mol. The largest absolute Gasteiger partial charge is 0.632 e. The number of hydrogen-bond acceptors (Lipinski definition) is 4. The number of carbonyl (C=O) groups is 1. The number of rotatable bonds is 3. The molecule has 0 spiro atoms. The fraction of sp³-hybridized carbons (Fsp3) is 0.222. The number of carbonyl (C=O) groups excluding carboxylic acids is 1. The van der Waals surface area contributed by atoms with Crippen LogP contribution in [0.5, 0.6) is 0 Å². The Hall–Kier alpha value is -1.01. The molecule has 0 fully saturated rings. The topological polar surface area (TPSA) is 93.2 Å². The van der Waals surface area contributed by atoms with E-state index in [0.717, 1.165) is 0 Å². The van der Waals surface area contributed by atoms with Crippen molar-refractivity contribution < 1.29 is 47.2 Å². The Morgan fingerprint density at radius 3 is 2.56 bits per heavy atom. The number of nitro benzene ring substituents is 1. The summed E-state index contributed by atoms with van der Waals surface area (Å²) in [6.45, 7) is 1.48. The summed E-state index contributed by atoms with van der Waals surface area (Å²) >= 11 is 0. The molecule has 0 saturated carbocycles. The van der Waals surface area contributed by atoms with E-state index in [4.69, 9.17) is 5.73 Å². The Morgan fingerprint density at radius 2 is 2.06 bits per heavy atom. The van der Waals surface area contributed by atoms with Crippen LogP contribution in [0, 0.1) is 10.1 Å². The van der Waals surface area contributed by atoms with Gasteiger partial charge in [0.05, 0.1) is 10.5 Å². The molecule has 1 aromatic rings. The second-order valence-corrected chi connectivity index (χ2v) is 2.86. The van der Waals surface area contributed by atoms with Crippen LogP contribution < -0.4 is 0 Å². The maximum atomic E-state index is 10.6. The van der Waals surface area contributed by atoms with Crippen LogP contribution in [0.1, 0.15) is 18.6 Å². The van der Waals surface area contributed by atoms with Gasteiger partial charge in [-0.2, -0.15) is 0 Å². The third-order valence-electron chi connectivity index (χ3n) is 1.86. The molecule has 0 aliphatic carbocycles. The van der Waals surface area contributed by atoms with Crippen molar-refractivity contribution >= 4 is 11.8 Å². The summed E-state index contributed by atoms with van der Waals surface area (Å²) in [5, 5.41) is 10.6. The van der Waals surface area contributed by atoms with Crippen molar-refractivity contribution in [1.82, 2.24) is 0 Å². The van der Waals surface area contributed by atoms with E-state index in [0.29, 0.717) is 0 Å². The number of nitrogens with one attached hydrogen (secondary N) is 1. The molecule has 7 heteroatoms. The van der Waals surface area contributed by atoms with Crippen molar-refractivity contribution in [3.63, 3.8) is 0 Å². The predicted molar refractivity (Wildman–Crippen MR) is 52.3 cm³/mol. The van der Waals surface area contributed by atoms with Gasteiger partial charge in [-0.1, -0.05) is 12.1 Å². The molecule has 1 radical (unpaired) electrons. The number of nitrogens with zero attached hydrogens (tertiary/aromatic N) is 1. The predicted octanol–water partition coefficient (Wildman–Crippen LogP) is 2.84. The van der Waals surface area contributed by atoms with Gasteiger partial charge in [-0.25, -0.2) is 0 Å². The third-order valence-corrected chi connectivity index (χ3v) is 1.86. The summed E-state index contributed by atoms with van der Waals surface area (Å²) in [5.74, 6) is 0. The zero-order valence-electron chi connectivity index (χ0n) is 8.54. The molecule has 1 N–H and O–H groups in total. The Labute approximate surface area is 117 Å². The summed E-state index contributed by atoms with van der Waals surface area (Å²) in [4.78, 5) is 20.5. The number of hydrogen-bond donors (Lipinski definition) is 0. The van der Waals surface area contributed by atoms with Crippen LogP contribution in [-0.2, 0) is 37.4 Å². The van der Waals surface area contributed by atoms with Crippen LogP contribution in [-0.4, -0.2) is 11.0 Å². The first-order chi connectivity index (χ1) is 7.02. The van der Waals surface area contributed by atoms with Gasteiger partial charge in [0.15, 0.2) is 0 Å². The van der Waals surface area contributed by atoms with Gasteiger partial charge < -0.3 is 10.5 Å². The van der Waals surface area contributed by atoms with Crippen LogP contribution in [0.4, 0.5) is 10.5 Å². The Balaban J connectivity index is 0.00000225. The fourth-order valence-electron chi connectivity index (χ4n) is 1.22. The first-order valence-electron chi connectivity index (χ1n) is 4.18. The van der Waals surface area contributed by atoms with Crippen LogP contribution >= 0.6 is 0 Å². The van der Waals surface area contributed by atoms with Gasteiger partial charge in [0, 0.05) is 38.8 Å². The zero-order chi connectivity index (χ0) is 11.4. The maximum Gasteiger partial charge on any atom is 0.276 e. The van der Waals surface area contributed by atoms with Crippen molar-refractivity contribution in [2.75, 3.05) is 0 Å². The molecule has 0 aromatic heterocycles. The molecule has 0 aliphatic heterocycles. The minimum absolute atomic E-state index is 0. The molecule has 16 heavy (non-hydrogen) atoms. The van der Waals surface area contributed by atoms with E-state index in [1.165, 1.54) is 25.1 Å². The Kier molecular flexibility index (Phi) is 6.14. The molecule has 1 amide bonds. The molecule has 83 valence electrons. The van der Waals surface area contributed by atoms with Crippen molar-refractivity contribution in [2.45, 2.75) is 13.0 Å². The SMILES string of the molecule is CC(OC([NH-])=O)c1ccccc1[N+](=O)[O-].[Y]. The van der Waals surface area contributed by atoms with Gasteiger partial charge in [-0.05, 0) is 13.0 Å². The van der Waals surface area contributed by atoms with E-state index < -0.39 is 17.1 Å². The molecule has 6 nitrogen and oxygen atoms in total. The molecule has 1 aromatic carbocycles. The number of amides is 1. The number of para-hydroxylation sites is 1. The smallest absolute Gasteiger partial charge is 0.276 e. The van der Waals surface area contributed by atoms with E-state index in [2.05, 4.69) is 4.74 Å². The second-order valence-electron chi connectivity index (χ2n) is 2.86. The summed E-state index contributed by atoms with van der Waals surface area (Å²) in [5.41, 5.74) is 6.77. The maximum absolute atomic E-state index is 10.6. The van der Waals surface area contributed by atoms with E-state index >= 15 is 0 Å². The number of benzene rings is 1. The first-order valence-corrected chi connectivity index (χ1v) is 4.18. The van der Waals surface area contributed by atoms with Gasteiger partial charge in [-0.15, -0.1) is 0 Å². The second kappa shape index (κ2) is 6.55. The summed E-state index contributed by atoms with van der Waals surface area (Å²) in [6.07, 6.45) is -2.00. The molecule has 0 bridgehead atoms. The monoisotopic (exact) mass is 298 g/mol. The van der Waals surface area contributed by atoms with Crippen LogP contribution in [0.3, 0.4) is 0 Å². The Morgan fingerprint density at radius 1 is 1.50 bits per heavy atom. The van der Waals surface area contributed by atoms with Crippen molar-refractivity contribution in [1.29, 1.82) is 0 Å². The van der Waals surface area contributed by atoms with Crippen molar-refractivity contribution in [3.05, 3.63) is 45.7 Å². The molecule has 0 heterocycles. The zero-order valence-corrected chi connectivity index (χ0v) is 11.4. The molecule has 1 unspecified atom stereocenters. The first kappa shape index (κ1) is 15.0. The quantitative estimate of drug-likeness (QED) is 0.633. The van der Waals surface area contributed by atoms with E-state index in [1.54, 1.807) is 6.07 Å². The minimum Gasteiger partial charge on any atom is -0.632 e. The van der Waals surface area contributed by atoms with Crippen LogP contribution in [0.15, 0.2) is 24.3 Å². The van der Waals surface area contributed by atoms with Gasteiger partial charge in [-0.3, -0.25) is 14.9 Å². The standard InChI is InChI=1S/C9H10N2O4.Y/c1-6(15-9(10)12)7-4-2-3-5-8(7)11(13)14;/h2-6H,1H3,(H2,10,12);/p-1. The summed E-state index contributed by atoms with van der Waals surface area (Å²) in [7, 11) is 0. The molecule has 1 atom stereocenters. The normalized spacial score (nSPS) is 11.1. The van der Waals surface area contributed by atoms with E-state index in [9.17, 15) is 14.9 Å². The fourth-order valence-corrected chi connectivity index (χ4v) is 1.22. The average Bonchev–Trinajstić information content (AvgIpc) is 2.16. The molecule has 0 saturated heterocycles. The molecule has 0 aliphatic rings. The molecular weight excluding hydrogens is 289 g/mol. The molecular formula is C9H9N2O4Y-. The van der Waals surface area contributed by atoms with Crippen LogP contribution in [0.25, 0.3) is 5.73 Å². The van der Waals surface area contributed by atoms with Crippen molar-refractivity contribution in [3.8, 4) is 0 Å². The van der Waals surface area contributed by atoms with Gasteiger partial charge in [0.25, 0.3) is 5.69 Å². The van der Waals surface area contributed by atoms with Gasteiger partial charge in [0.2, 0.25) is 6.09 Å². The molecule has 1 rings (SSSR count). The number of nitro groups is 1. The van der Waals surface area contributed by atoms with E-state index in [1.807, 2.05) is 0 Å². The van der Waals surface area contributed by atoms with Gasteiger partial charge in [0.1, 0.15) is 6.10 Å². The summed E-state index contributed by atoms with van der Waals surface area (Å²) in [6, 6.07) is 5.95. The van der Waals surface area contributed by atoms with Gasteiger partial charge >= 0.3 is 0 Å². The van der Waals surface area contributed by atoms with E-state index in [-0.39, 0.29) is 44.0 Å². The van der Waals surface area contributed by atoms with Crippen molar-refractivity contribution in [2.24, 2.45) is 0 Å². The van der Waals surface area contributed by atoms with Crippen LogP contribution in [0.2, 0.25) is 0 Å².